The van der Waals surface area contributed by atoms with Crippen LogP contribution >= 0.6 is 11.3 Å². The lowest BCUT2D eigenvalue weighted by atomic mass is 10.2. The second kappa shape index (κ2) is 19.0. The summed E-state index contributed by atoms with van der Waals surface area (Å²) in [6.45, 7) is -0.354. The topological polar surface area (TPSA) is 171 Å². The van der Waals surface area contributed by atoms with Crippen LogP contribution in [0, 0.1) is 0 Å². The van der Waals surface area contributed by atoms with Gasteiger partial charge in [0.1, 0.15) is 41.1 Å². The molecular weight excluding hydrogens is 861 g/mol. The second-order valence-corrected chi connectivity index (χ2v) is 16.3. The third-order valence-corrected chi connectivity index (χ3v) is 12.1. The van der Waals surface area contributed by atoms with E-state index in [1.54, 1.807) is 18.6 Å². The molecule has 15 heteroatoms. The average molecular weight is 903 g/mol. The summed E-state index contributed by atoms with van der Waals surface area (Å²) >= 11 is 1.47. The first-order valence-corrected chi connectivity index (χ1v) is 22.2. The van der Waals surface area contributed by atoms with Crippen LogP contribution in [0.5, 0.6) is 0 Å². The number of fused-ring (bicyclic) bond motifs is 3. The first kappa shape index (κ1) is 42.6. The minimum Gasteiger partial charge on any atom is -0.436 e. The highest BCUT2D eigenvalue weighted by molar-refractivity contribution is 7.15. The number of rotatable bonds is 9. The van der Waals surface area contributed by atoms with Gasteiger partial charge in [-0.15, -0.1) is 11.3 Å². The summed E-state index contributed by atoms with van der Waals surface area (Å²) in [6, 6.07) is 54.3. The van der Waals surface area contributed by atoms with Gasteiger partial charge in [0.15, 0.2) is 5.76 Å². The van der Waals surface area contributed by atoms with E-state index in [4.69, 9.17) is 19.7 Å². The Morgan fingerprint density at radius 2 is 0.925 bits per heavy atom. The number of imidazole rings is 1. The van der Waals surface area contributed by atoms with E-state index in [0.717, 1.165) is 71.7 Å². The molecule has 0 radical (unpaired) electrons. The molecule has 0 atom stereocenters. The summed E-state index contributed by atoms with van der Waals surface area (Å²) in [5.74, 6) is 1.46. The van der Waals surface area contributed by atoms with E-state index in [9.17, 15) is 10.2 Å². The quantitative estimate of drug-likeness (QED) is 0.127. The molecular formula is C52H42N10O4S. The Hall–Kier alpha value is -8.34. The van der Waals surface area contributed by atoms with Crippen molar-refractivity contribution in [2.45, 2.75) is 19.8 Å². The van der Waals surface area contributed by atoms with Crippen molar-refractivity contribution in [2.24, 2.45) is 7.05 Å². The number of benzene rings is 6. The summed E-state index contributed by atoms with van der Waals surface area (Å²) in [6.07, 6.45) is 5.13. The second-order valence-electron chi connectivity index (χ2n) is 15.2. The van der Waals surface area contributed by atoms with Crippen molar-refractivity contribution in [3.8, 4) is 50.5 Å². The minimum absolute atomic E-state index is 0.0397. The van der Waals surface area contributed by atoms with Crippen LogP contribution in [0.15, 0.2) is 187 Å². The average Bonchev–Trinajstić information content (AvgIpc) is 4.27. The van der Waals surface area contributed by atoms with Gasteiger partial charge in [0.25, 0.3) is 0 Å². The molecule has 0 bridgehead atoms. The fraction of sp³-hybridized carbons (Fsp3) is 0.0769. The van der Waals surface area contributed by atoms with Gasteiger partial charge >= 0.3 is 0 Å². The van der Waals surface area contributed by atoms with Gasteiger partial charge in [0.2, 0.25) is 5.89 Å². The lowest BCUT2D eigenvalue weighted by Crippen LogP contribution is -2.00. The summed E-state index contributed by atoms with van der Waals surface area (Å²) in [4.78, 5) is 13.5. The summed E-state index contributed by atoms with van der Waals surface area (Å²) in [5, 5.41) is 45.8. The highest BCUT2D eigenvalue weighted by atomic mass is 32.1. The largest absolute Gasteiger partial charge is 0.436 e. The third kappa shape index (κ3) is 8.42. The van der Waals surface area contributed by atoms with Gasteiger partial charge in [-0.25, -0.2) is 29.0 Å². The van der Waals surface area contributed by atoms with Crippen LogP contribution in [0.3, 0.4) is 0 Å². The molecule has 0 saturated heterocycles. The van der Waals surface area contributed by atoms with Gasteiger partial charge in [0.05, 0.1) is 63.2 Å². The normalized spacial score (nSPS) is 11.2. The standard InChI is InChI=1S/C18H16N4O.C17H13N3O2.C17H13N3OS/c1-21-16(11-19-17(21)12-23)18-14-9-5-6-10-15(14)22(20-18)13-7-3-2-4-8-13;2*21-11-16-18-10-15(22-16)17-13-8-4-5-9-14(13)20(19-17)12-6-2-1-3-7-12/h2-11,23H,12H2,1H3;2*1-10,21H,11H2. The van der Waals surface area contributed by atoms with Crippen molar-refractivity contribution < 1.29 is 19.7 Å². The van der Waals surface area contributed by atoms with Crippen molar-refractivity contribution in [1.29, 1.82) is 0 Å². The molecule has 67 heavy (non-hydrogen) atoms. The monoisotopic (exact) mass is 902 g/mol. The first-order chi connectivity index (χ1) is 33.0. The number of oxazole rings is 1. The summed E-state index contributed by atoms with van der Waals surface area (Å²) in [5.41, 5.74) is 9.47. The number of hydrogen-bond donors (Lipinski definition) is 3. The molecule has 12 rings (SSSR count). The van der Waals surface area contributed by atoms with Gasteiger partial charge in [-0.1, -0.05) is 109 Å². The molecule has 0 aliphatic carbocycles. The van der Waals surface area contributed by atoms with Crippen LogP contribution in [0.4, 0.5) is 0 Å². The van der Waals surface area contributed by atoms with E-state index < -0.39 is 0 Å². The summed E-state index contributed by atoms with van der Waals surface area (Å²) < 4.78 is 13.2. The van der Waals surface area contributed by atoms with Gasteiger partial charge < -0.3 is 24.3 Å². The molecule has 3 N–H and O–H groups in total. The molecule has 0 unspecified atom stereocenters. The molecule has 0 aliphatic heterocycles. The Balaban J connectivity index is 0.000000118. The van der Waals surface area contributed by atoms with Crippen LogP contribution in [-0.2, 0) is 26.9 Å². The van der Waals surface area contributed by atoms with Gasteiger partial charge in [0, 0.05) is 29.4 Å². The van der Waals surface area contributed by atoms with Crippen molar-refractivity contribution in [3.05, 3.63) is 199 Å². The Morgan fingerprint density at radius 1 is 0.463 bits per heavy atom. The highest BCUT2D eigenvalue weighted by Gasteiger charge is 2.19. The molecule has 0 spiro atoms. The zero-order valence-electron chi connectivity index (χ0n) is 36.1. The van der Waals surface area contributed by atoms with E-state index in [-0.39, 0.29) is 25.7 Å². The lowest BCUT2D eigenvalue weighted by Gasteiger charge is -2.03. The zero-order chi connectivity index (χ0) is 45.7. The maximum absolute atomic E-state index is 9.37. The van der Waals surface area contributed by atoms with Gasteiger partial charge in [-0.3, -0.25) is 0 Å². The third-order valence-electron chi connectivity index (χ3n) is 11.1. The number of aliphatic hydroxyl groups is 3. The van der Waals surface area contributed by atoms with Crippen molar-refractivity contribution in [3.63, 3.8) is 0 Å². The molecule has 14 nitrogen and oxygen atoms in total. The molecule has 12 aromatic rings. The maximum atomic E-state index is 9.37. The fourth-order valence-electron chi connectivity index (χ4n) is 7.85. The number of para-hydroxylation sites is 6. The van der Waals surface area contributed by atoms with Gasteiger partial charge in [-0.2, -0.15) is 15.3 Å². The van der Waals surface area contributed by atoms with Gasteiger partial charge in [-0.05, 0) is 54.6 Å². The fourth-order valence-corrected chi connectivity index (χ4v) is 8.63. The minimum atomic E-state index is -0.225. The molecule has 0 amide bonds. The molecule has 6 heterocycles. The summed E-state index contributed by atoms with van der Waals surface area (Å²) in [7, 11) is 1.89. The van der Waals surface area contributed by atoms with Crippen molar-refractivity contribution >= 4 is 44.0 Å². The van der Waals surface area contributed by atoms with Crippen LogP contribution in [0.25, 0.3) is 83.2 Å². The molecule has 330 valence electrons. The molecule has 0 aliphatic rings. The first-order valence-electron chi connectivity index (χ1n) is 21.4. The Bertz CT molecular complexity index is 3420. The Kier molecular flexibility index (Phi) is 12.1. The Labute approximate surface area is 387 Å². The number of nitrogens with zero attached hydrogens (tertiary/aromatic N) is 10. The SMILES string of the molecule is Cn1c(-c2nn(-c3ccccc3)c3ccccc23)cnc1CO.OCc1ncc(-c2nn(-c3ccccc3)c3ccccc23)o1.OCc1ncc(-c2nn(-c3ccccc3)c3ccccc23)s1. The van der Waals surface area contributed by atoms with E-state index in [1.165, 1.54) is 11.3 Å². The van der Waals surface area contributed by atoms with E-state index in [2.05, 4.69) is 44.3 Å². The van der Waals surface area contributed by atoms with Crippen LogP contribution in [0.2, 0.25) is 0 Å². The molecule has 6 aromatic carbocycles. The number of aliphatic hydroxyl groups excluding tert-OH is 3. The maximum Gasteiger partial charge on any atom is 0.220 e. The van der Waals surface area contributed by atoms with Crippen molar-refractivity contribution in [1.82, 2.24) is 48.9 Å². The highest BCUT2D eigenvalue weighted by Crippen LogP contribution is 2.34. The number of thiazole rings is 1. The van der Waals surface area contributed by atoms with E-state index in [1.807, 2.05) is 165 Å². The lowest BCUT2D eigenvalue weighted by molar-refractivity contribution is 0.241. The molecule has 0 fully saturated rings. The van der Waals surface area contributed by atoms with Crippen LogP contribution < -0.4 is 0 Å². The van der Waals surface area contributed by atoms with Crippen molar-refractivity contribution in [2.75, 3.05) is 0 Å². The van der Waals surface area contributed by atoms with E-state index >= 15 is 0 Å². The predicted molar refractivity (Wildman–Crippen MR) is 260 cm³/mol. The smallest absolute Gasteiger partial charge is 0.220 e. The number of aromatic nitrogens is 10. The van der Waals surface area contributed by atoms with Crippen LogP contribution in [0.1, 0.15) is 16.7 Å². The number of hydrogen-bond acceptors (Lipinski definition) is 11. The molecule has 0 saturated carbocycles. The van der Waals surface area contributed by atoms with Crippen LogP contribution in [-0.4, -0.2) is 64.2 Å². The predicted octanol–water partition coefficient (Wildman–Crippen LogP) is 9.73. The molecule has 6 aromatic heterocycles. The zero-order valence-corrected chi connectivity index (χ0v) is 36.9. The Morgan fingerprint density at radius 3 is 1.39 bits per heavy atom. The van der Waals surface area contributed by atoms with E-state index in [0.29, 0.717) is 22.3 Å².